The first-order valence-corrected chi connectivity index (χ1v) is 29.6. The fraction of sp³-hybridized carbons (Fsp3) is 0.205. The molecule has 0 radical (unpaired) electrons. The van der Waals surface area contributed by atoms with Gasteiger partial charge in [0, 0.05) is 50.8 Å². The molecule has 10 aromatic carbocycles. The number of benzene rings is 10. The monoisotopic (exact) mass is 1080 g/mol. The number of hydrogen-bond donors (Lipinski definition) is 0. The van der Waals surface area contributed by atoms with Crippen molar-refractivity contribution in [2.75, 3.05) is 14.7 Å². The molecular weight excluding hydrogens is 1010 g/mol. The zero-order valence-electron chi connectivity index (χ0n) is 50.3. The first-order chi connectivity index (χ1) is 39.7. The topological polar surface area (TPSA) is 22.9 Å². The van der Waals surface area contributed by atoms with E-state index in [1.807, 2.05) is 0 Å². The first-order valence-electron chi connectivity index (χ1n) is 29.6. The maximum absolute atomic E-state index is 7.53. The van der Waals surface area contributed by atoms with Crippen LogP contribution in [0.4, 0.5) is 51.2 Å². The highest BCUT2D eigenvalue weighted by atomic mass is 16.3. The molecule has 2 aliphatic heterocycles. The second-order valence-electron chi connectivity index (χ2n) is 27.1. The molecule has 11 aromatic rings. The normalized spacial score (nSPS) is 13.2. The van der Waals surface area contributed by atoms with Crippen LogP contribution in [0.5, 0.6) is 0 Å². The van der Waals surface area contributed by atoms with Crippen LogP contribution < -0.4 is 31.3 Å². The van der Waals surface area contributed by atoms with Crippen molar-refractivity contribution < 1.29 is 4.42 Å². The van der Waals surface area contributed by atoms with Crippen LogP contribution in [0, 0.1) is 0 Å². The van der Waals surface area contributed by atoms with Gasteiger partial charge in [-0.25, -0.2) is 0 Å². The fourth-order valence-corrected chi connectivity index (χ4v) is 12.7. The van der Waals surface area contributed by atoms with Gasteiger partial charge in [-0.15, -0.1) is 0 Å². The third-order valence-corrected chi connectivity index (χ3v) is 17.3. The SMILES string of the molecule is CC(C)(C)c1ccc(N(c2ccc3c(c2)N(c2ccc(C(C)(C)C)cc2)c2cc(-c4ccccc4-c4ccccc4)cc4c2B3c2oc3ccc(C(C)(C)C)cc3c2N4c2ccc(C(C)(C)C)cc2)c2ccccc2-c2ccccc2)cc1. The molecule has 0 saturated carbocycles. The Morgan fingerprint density at radius 3 is 1.36 bits per heavy atom. The minimum atomic E-state index is -0.269. The summed E-state index contributed by atoms with van der Waals surface area (Å²) in [4.78, 5) is 7.56. The number of fused-ring (bicyclic) bond motifs is 6. The summed E-state index contributed by atoms with van der Waals surface area (Å²) < 4.78 is 7.53. The number of para-hydroxylation sites is 1. The van der Waals surface area contributed by atoms with E-state index in [-0.39, 0.29) is 28.4 Å². The molecule has 1 aromatic heterocycles. The summed E-state index contributed by atoms with van der Waals surface area (Å²) in [5, 5.41) is 1.11. The van der Waals surface area contributed by atoms with Crippen molar-refractivity contribution in [2.45, 2.75) is 105 Å². The summed E-state index contributed by atoms with van der Waals surface area (Å²) in [7, 11) is 0. The number of rotatable bonds is 8. The standard InChI is InChI=1S/C78H74BN3O/c1-75(2,3)54-31-38-58(39-32-54)80(67-30-22-21-29-64(67)52-25-17-14-18-26-52)61-44-45-66-68(50-61)81(59-40-33-55(34-41-59)76(4,5)6)69-47-53(63-28-20-19-27-62(63)51-23-15-13-16-24-51)48-70-72(69)79(66)74-73(65-49-57(78(10,11)12)37-46-71(65)83-74)82(70)60-42-35-56(36-43-60)77(7,8)9/h13-50H,1-12H3. The minimum Gasteiger partial charge on any atom is -0.468 e. The number of anilines is 9. The van der Waals surface area contributed by atoms with Crippen molar-refractivity contribution in [2.24, 2.45) is 0 Å². The van der Waals surface area contributed by atoms with Crippen LogP contribution >= 0.6 is 0 Å². The second-order valence-corrected chi connectivity index (χ2v) is 27.1. The Bertz CT molecular complexity index is 4230. The van der Waals surface area contributed by atoms with Gasteiger partial charge in [0.25, 0.3) is 6.71 Å². The fourth-order valence-electron chi connectivity index (χ4n) is 12.7. The van der Waals surface area contributed by atoms with Crippen molar-refractivity contribution in [3.63, 3.8) is 0 Å². The minimum absolute atomic E-state index is 0.0118. The highest BCUT2D eigenvalue weighted by Crippen LogP contribution is 2.51. The lowest BCUT2D eigenvalue weighted by atomic mass is 9.35. The summed E-state index contributed by atoms with van der Waals surface area (Å²) in [6.45, 7) is 27.3. The summed E-state index contributed by atoms with van der Waals surface area (Å²) in [6.07, 6.45) is 0. The molecule has 410 valence electrons. The lowest BCUT2D eigenvalue weighted by Crippen LogP contribution is -2.61. The van der Waals surface area contributed by atoms with Crippen molar-refractivity contribution in [3.05, 3.63) is 253 Å². The summed E-state index contributed by atoms with van der Waals surface area (Å²) >= 11 is 0. The molecule has 0 amide bonds. The van der Waals surface area contributed by atoms with Crippen molar-refractivity contribution >= 4 is 85.5 Å². The van der Waals surface area contributed by atoms with Crippen molar-refractivity contribution in [1.82, 2.24) is 0 Å². The number of nitrogens with zero attached hydrogens (tertiary/aromatic N) is 3. The van der Waals surface area contributed by atoms with Gasteiger partial charge in [0.15, 0.2) is 0 Å². The summed E-state index contributed by atoms with van der Waals surface area (Å²) in [5.41, 5.74) is 26.0. The maximum Gasteiger partial charge on any atom is 0.297 e. The number of hydrogen-bond acceptors (Lipinski definition) is 4. The molecule has 0 atom stereocenters. The summed E-state index contributed by atoms with van der Waals surface area (Å²) in [6, 6.07) is 86.4. The van der Waals surface area contributed by atoms with Crippen LogP contribution in [-0.4, -0.2) is 6.71 Å². The lowest BCUT2D eigenvalue weighted by molar-refractivity contribution is 0.590. The van der Waals surface area contributed by atoms with Crippen LogP contribution in [0.3, 0.4) is 0 Å². The van der Waals surface area contributed by atoms with Crippen LogP contribution in [0.1, 0.15) is 105 Å². The Hall–Kier alpha value is -8.80. The van der Waals surface area contributed by atoms with Gasteiger partial charge in [-0.05, 0) is 162 Å². The van der Waals surface area contributed by atoms with Gasteiger partial charge < -0.3 is 19.1 Å². The molecule has 0 bridgehead atoms. The van der Waals surface area contributed by atoms with Gasteiger partial charge in [-0.3, -0.25) is 0 Å². The third-order valence-electron chi connectivity index (χ3n) is 17.3. The molecule has 4 nitrogen and oxygen atoms in total. The summed E-state index contributed by atoms with van der Waals surface area (Å²) in [5.74, 6) is 0. The highest BCUT2D eigenvalue weighted by Gasteiger charge is 2.47. The van der Waals surface area contributed by atoms with Gasteiger partial charge in [0.2, 0.25) is 0 Å². The van der Waals surface area contributed by atoms with E-state index in [1.165, 1.54) is 49.9 Å². The molecule has 0 N–H and O–H groups in total. The van der Waals surface area contributed by atoms with Crippen LogP contribution in [-0.2, 0) is 21.7 Å². The van der Waals surface area contributed by atoms with E-state index in [0.29, 0.717) is 0 Å². The van der Waals surface area contributed by atoms with Gasteiger partial charge in [-0.2, -0.15) is 0 Å². The van der Waals surface area contributed by atoms with E-state index in [9.17, 15) is 0 Å². The van der Waals surface area contributed by atoms with Crippen LogP contribution in [0.15, 0.2) is 235 Å². The molecule has 0 aliphatic carbocycles. The zero-order chi connectivity index (χ0) is 57.7. The molecule has 13 rings (SSSR count). The predicted molar refractivity (Wildman–Crippen MR) is 356 cm³/mol. The van der Waals surface area contributed by atoms with E-state index in [0.717, 1.165) is 84.5 Å². The molecule has 0 saturated heterocycles. The number of furan rings is 1. The molecule has 5 heteroatoms. The van der Waals surface area contributed by atoms with Crippen molar-refractivity contribution in [1.29, 1.82) is 0 Å². The molecule has 83 heavy (non-hydrogen) atoms. The zero-order valence-corrected chi connectivity index (χ0v) is 50.3. The Balaban J connectivity index is 1.15. The Morgan fingerprint density at radius 2 is 0.807 bits per heavy atom. The van der Waals surface area contributed by atoms with Gasteiger partial charge in [0.05, 0.1) is 17.0 Å². The predicted octanol–water partition coefficient (Wildman–Crippen LogP) is 20.2. The lowest BCUT2D eigenvalue weighted by Gasteiger charge is -2.43. The Morgan fingerprint density at radius 1 is 0.361 bits per heavy atom. The van der Waals surface area contributed by atoms with E-state index in [2.05, 4.69) is 328 Å². The van der Waals surface area contributed by atoms with Crippen LogP contribution in [0.25, 0.3) is 44.3 Å². The molecule has 2 aliphatic rings. The van der Waals surface area contributed by atoms with E-state index < -0.39 is 0 Å². The van der Waals surface area contributed by atoms with E-state index >= 15 is 0 Å². The molecule has 0 spiro atoms. The van der Waals surface area contributed by atoms with Gasteiger partial charge in [-0.1, -0.05) is 235 Å². The second kappa shape index (κ2) is 20.0. The average Bonchev–Trinajstić information content (AvgIpc) is 1.92. The Kier molecular flexibility index (Phi) is 12.9. The van der Waals surface area contributed by atoms with E-state index in [1.54, 1.807) is 0 Å². The molecular formula is C78H74BN3O. The molecule has 0 fully saturated rings. The van der Waals surface area contributed by atoms with Gasteiger partial charge in [0.1, 0.15) is 5.58 Å². The molecule has 0 unspecified atom stereocenters. The van der Waals surface area contributed by atoms with Crippen molar-refractivity contribution in [3.8, 4) is 33.4 Å². The smallest absolute Gasteiger partial charge is 0.297 e. The highest BCUT2D eigenvalue weighted by molar-refractivity contribution is 7.00. The van der Waals surface area contributed by atoms with Gasteiger partial charge >= 0.3 is 0 Å². The quantitative estimate of drug-likeness (QED) is 0.141. The first kappa shape index (κ1) is 53.5. The van der Waals surface area contributed by atoms with Crippen LogP contribution in [0.2, 0.25) is 0 Å². The third kappa shape index (κ3) is 9.54. The maximum atomic E-state index is 7.53. The average molecular weight is 1080 g/mol. The molecule has 3 heterocycles. The largest absolute Gasteiger partial charge is 0.468 e. The Labute approximate surface area is 492 Å². The van der Waals surface area contributed by atoms with E-state index in [4.69, 9.17) is 4.42 Å².